The number of benzene rings is 1. The second-order valence-corrected chi connectivity index (χ2v) is 11.3. The molecule has 0 aliphatic carbocycles. The fourth-order valence-corrected chi connectivity index (χ4v) is 7.00. The van der Waals surface area contributed by atoms with E-state index in [1.165, 1.54) is 18.6 Å². The van der Waals surface area contributed by atoms with Gasteiger partial charge < -0.3 is 16.0 Å². The molecule has 162 valence electrons. The van der Waals surface area contributed by atoms with E-state index in [2.05, 4.69) is 15.2 Å². The van der Waals surface area contributed by atoms with Crippen LogP contribution in [0, 0.1) is 0 Å². The molecule has 2 heterocycles. The number of hydrogen-bond donors (Lipinski definition) is 2. The quantitative estimate of drug-likeness (QED) is 0.220. The first kappa shape index (κ1) is 23.0. The molecule has 1 aromatic heterocycles. The number of carbonyl (C=O) groups excluding carboxylic acids is 1. The van der Waals surface area contributed by atoms with Crippen molar-refractivity contribution in [3.63, 3.8) is 0 Å². The van der Waals surface area contributed by atoms with Gasteiger partial charge >= 0.3 is 0 Å². The van der Waals surface area contributed by atoms with Crippen molar-refractivity contribution in [1.29, 1.82) is 0 Å². The van der Waals surface area contributed by atoms with E-state index in [4.69, 9.17) is 5.73 Å². The highest BCUT2D eigenvalue weighted by molar-refractivity contribution is 8.77. The van der Waals surface area contributed by atoms with Crippen LogP contribution in [0.5, 0.6) is 0 Å². The average Bonchev–Trinajstić information content (AvgIpc) is 3.43. The topological polar surface area (TPSA) is 70.7 Å². The lowest BCUT2D eigenvalue weighted by Gasteiger charge is -2.18. The van der Waals surface area contributed by atoms with Gasteiger partial charge in [-0.2, -0.15) is 0 Å². The summed E-state index contributed by atoms with van der Waals surface area (Å²) >= 11 is 1.57. The number of nitrogens with zero attached hydrogens (tertiary/aromatic N) is 2. The van der Waals surface area contributed by atoms with E-state index in [1.54, 1.807) is 11.3 Å². The van der Waals surface area contributed by atoms with Crippen LogP contribution in [0.4, 0.5) is 11.4 Å². The Labute approximate surface area is 191 Å². The summed E-state index contributed by atoms with van der Waals surface area (Å²) in [5, 5.41) is 5.85. The fraction of sp³-hybridized carbons (Fsp3) is 0.455. The number of carbonyl (C=O) groups is 1. The summed E-state index contributed by atoms with van der Waals surface area (Å²) in [7, 11) is 7.99. The van der Waals surface area contributed by atoms with Gasteiger partial charge in [-0.25, -0.2) is 4.99 Å². The van der Waals surface area contributed by atoms with Crippen LogP contribution in [0.15, 0.2) is 40.7 Å². The van der Waals surface area contributed by atoms with E-state index < -0.39 is 0 Å². The summed E-state index contributed by atoms with van der Waals surface area (Å²) in [6.07, 6.45) is 5.20. The number of unbranched alkanes of at least 4 members (excludes halogenated alkanes) is 1. The lowest BCUT2D eigenvalue weighted by molar-refractivity contribution is -0.121. The Balaban J connectivity index is 1.55. The Bertz CT molecular complexity index is 846. The largest absolute Gasteiger partial charge is 0.383 e. The van der Waals surface area contributed by atoms with Gasteiger partial charge in [-0.05, 0) is 54.5 Å². The summed E-state index contributed by atoms with van der Waals surface area (Å²) in [5.41, 5.74) is 9.03. The summed E-state index contributed by atoms with van der Waals surface area (Å²) in [4.78, 5) is 19.9. The number of hydrogen-bond acceptors (Lipinski definition) is 6. The van der Waals surface area contributed by atoms with Crippen LogP contribution in [-0.2, 0) is 11.3 Å². The first-order valence-corrected chi connectivity index (χ1v) is 13.5. The van der Waals surface area contributed by atoms with E-state index in [1.807, 2.05) is 71.4 Å². The Kier molecular flexibility index (Phi) is 8.96. The zero-order chi connectivity index (χ0) is 21.3. The van der Waals surface area contributed by atoms with Gasteiger partial charge in [0.05, 0.1) is 10.6 Å². The smallest absolute Gasteiger partial charge is 0.220 e. The van der Waals surface area contributed by atoms with Crippen LogP contribution in [0.25, 0.3) is 0 Å². The number of nitrogens with one attached hydrogen (secondary N) is 1. The van der Waals surface area contributed by atoms with Gasteiger partial charge in [0.2, 0.25) is 5.91 Å². The molecular formula is C22H30N4OS3. The van der Waals surface area contributed by atoms with Gasteiger partial charge in [0.15, 0.2) is 0 Å². The molecule has 3 rings (SSSR count). The number of rotatable bonds is 10. The number of aliphatic imine (C=N–C) groups is 1. The molecule has 0 radical (unpaired) electrons. The SMILES string of the molecule is CN(C)c1ccc(/N=C(\N)c2cccs2)cc1CNC(=O)CCCCC1CCSS1. The van der Waals surface area contributed by atoms with Crippen molar-refractivity contribution >= 4 is 56.0 Å². The number of amidine groups is 1. The summed E-state index contributed by atoms with van der Waals surface area (Å²) in [5.74, 6) is 1.89. The highest BCUT2D eigenvalue weighted by atomic mass is 33.1. The second kappa shape index (κ2) is 11.7. The Hall–Kier alpha value is -1.64. The third kappa shape index (κ3) is 6.96. The highest BCUT2D eigenvalue weighted by Crippen LogP contribution is 2.39. The van der Waals surface area contributed by atoms with Crippen LogP contribution in [0.1, 0.15) is 42.5 Å². The van der Waals surface area contributed by atoms with Crippen molar-refractivity contribution < 1.29 is 4.79 Å². The molecule has 8 heteroatoms. The number of amides is 1. The fourth-order valence-electron chi connectivity index (χ4n) is 3.34. The third-order valence-electron chi connectivity index (χ3n) is 4.95. The standard InChI is InChI=1S/C22H30N4OS3/c1-26(2)19-10-9-17(25-22(23)20-7-5-12-28-20)14-16(19)15-24-21(27)8-4-3-6-18-11-13-29-30-18/h5,7,9-10,12,14,18H,3-4,6,8,11,13,15H2,1-2H3,(H2,23,25)(H,24,27). The maximum absolute atomic E-state index is 12.3. The lowest BCUT2D eigenvalue weighted by atomic mass is 10.1. The Morgan fingerprint density at radius 3 is 2.87 bits per heavy atom. The maximum Gasteiger partial charge on any atom is 0.220 e. The van der Waals surface area contributed by atoms with E-state index in [0.717, 1.165) is 39.9 Å². The lowest BCUT2D eigenvalue weighted by Crippen LogP contribution is -2.24. The normalized spacial score (nSPS) is 16.6. The number of anilines is 1. The van der Waals surface area contributed by atoms with Crippen molar-refractivity contribution in [2.75, 3.05) is 24.7 Å². The van der Waals surface area contributed by atoms with Gasteiger partial charge in [-0.3, -0.25) is 4.79 Å². The monoisotopic (exact) mass is 462 g/mol. The first-order chi connectivity index (χ1) is 14.5. The predicted molar refractivity (Wildman–Crippen MR) is 134 cm³/mol. The maximum atomic E-state index is 12.3. The van der Waals surface area contributed by atoms with Crippen LogP contribution < -0.4 is 16.0 Å². The molecule has 0 saturated carbocycles. The van der Waals surface area contributed by atoms with Gasteiger partial charge in [-0.15, -0.1) is 11.3 Å². The molecule has 1 fully saturated rings. The zero-order valence-corrected chi connectivity index (χ0v) is 20.0. The minimum atomic E-state index is 0.111. The Morgan fingerprint density at radius 2 is 2.17 bits per heavy atom. The molecule has 1 aliphatic heterocycles. The molecule has 1 aliphatic rings. The van der Waals surface area contributed by atoms with Crippen molar-refractivity contribution in [3.8, 4) is 0 Å². The van der Waals surface area contributed by atoms with Gasteiger partial charge in [0.25, 0.3) is 0 Å². The summed E-state index contributed by atoms with van der Waals surface area (Å²) in [6.45, 7) is 0.490. The number of thiophene rings is 1. The average molecular weight is 463 g/mol. The van der Waals surface area contributed by atoms with Gasteiger partial charge in [0, 0.05) is 43.8 Å². The molecule has 1 amide bonds. The molecule has 1 atom stereocenters. The predicted octanol–water partition coefficient (Wildman–Crippen LogP) is 5.18. The number of nitrogens with two attached hydrogens (primary N) is 1. The molecule has 3 N–H and O–H groups in total. The van der Waals surface area contributed by atoms with Crippen LogP contribution in [-0.4, -0.2) is 36.8 Å². The third-order valence-corrected chi connectivity index (χ3v) is 8.85. The van der Waals surface area contributed by atoms with Crippen molar-refractivity contribution in [1.82, 2.24) is 5.32 Å². The second-order valence-electron chi connectivity index (χ2n) is 7.53. The molecule has 0 bridgehead atoms. The van der Waals surface area contributed by atoms with Crippen molar-refractivity contribution in [2.45, 2.75) is 43.9 Å². The summed E-state index contributed by atoms with van der Waals surface area (Å²) < 4.78 is 0. The van der Waals surface area contributed by atoms with Crippen molar-refractivity contribution in [2.24, 2.45) is 10.7 Å². The molecule has 30 heavy (non-hydrogen) atoms. The van der Waals surface area contributed by atoms with E-state index >= 15 is 0 Å². The van der Waals surface area contributed by atoms with Gasteiger partial charge in [-0.1, -0.05) is 34.1 Å². The minimum Gasteiger partial charge on any atom is -0.383 e. The van der Waals surface area contributed by atoms with E-state index in [9.17, 15) is 4.79 Å². The molecule has 2 aromatic rings. The summed E-state index contributed by atoms with van der Waals surface area (Å²) in [6, 6.07) is 9.91. The molecular weight excluding hydrogens is 432 g/mol. The zero-order valence-electron chi connectivity index (χ0n) is 17.6. The van der Waals surface area contributed by atoms with Crippen molar-refractivity contribution in [3.05, 3.63) is 46.2 Å². The van der Waals surface area contributed by atoms with E-state index in [0.29, 0.717) is 18.8 Å². The molecule has 5 nitrogen and oxygen atoms in total. The molecule has 0 spiro atoms. The van der Waals surface area contributed by atoms with Crippen LogP contribution >= 0.6 is 32.9 Å². The van der Waals surface area contributed by atoms with Crippen LogP contribution in [0.3, 0.4) is 0 Å². The molecule has 1 saturated heterocycles. The molecule has 1 unspecified atom stereocenters. The molecule has 1 aromatic carbocycles. The first-order valence-electron chi connectivity index (χ1n) is 10.3. The van der Waals surface area contributed by atoms with Gasteiger partial charge in [0.1, 0.15) is 5.84 Å². The Morgan fingerprint density at radius 1 is 1.30 bits per heavy atom. The van der Waals surface area contributed by atoms with Crippen LogP contribution in [0.2, 0.25) is 0 Å². The minimum absolute atomic E-state index is 0.111. The highest BCUT2D eigenvalue weighted by Gasteiger charge is 2.16. The van der Waals surface area contributed by atoms with E-state index in [-0.39, 0.29) is 5.91 Å².